The van der Waals surface area contributed by atoms with Gasteiger partial charge < -0.3 is 24.3 Å². The lowest BCUT2D eigenvalue weighted by Gasteiger charge is -2.15. The molecule has 2 aromatic carbocycles. The molecule has 6 rings (SSSR count). The number of aliphatic hydroxyl groups is 1. The van der Waals surface area contributed by atoms with Crippen LogP contribution in [0.2, 0.25) is 10.0 Å². The number of rotatable bonds is 4. The lowest BCUT2D eigenvalue weighted by Crippen LogP contribution is -2.34. The number of hydrogen-bond acceptors (Lipinski definition) is 6. The van der Waals surface area contributed by atoms with E-state index in [4.69, 9.17) is 37.4 Å². The monoisotopic (exact) mass is 501 g/mol. The van der Waals surface area contributed by atoms with Crippen LogP contribution in [0.1, 0.15) is 0 Å². The molecule has 7 nitrogen and oxygen atoms in total. The highest BCUT2D eigenvalue weighted by Crippen LogP contribution is 2.33. The minimum atomic E-state index is -0.649. The SMILES string of the molecule is O[C@@H]1CO[C@H]2[C@@H]1OC[C@H]2Oc1nc2nc(-c3ccc(-c4ccc(F)c(Cl)c4)cc3)c(Cl)cc2[nH]1. The number of imidazole rings is 1. The summed E-state index contributed by atoms with van der Waals surface area (Å²) in [6, 6.07) is 14.2. The predicted octanol–water partition coefficient (Wildman–Crippen LogP) is 4.64. The third-order valence-corrected chi connectivity index (χ3v) is 6.64. The molecule has 0 unspecified atom stereocenters. The highest BCUT2D eigenvalue weighted by atomic mass is 35.5. The second-order valence-electron chi connectivity index (χ2n) is 8.26. The van der Waals surface area contributed by atoms with Crippen LogP contribution in [0.3, 0.4) is 0 Å². The number of halogens is 3. The van der Waals surface area contributed by atoms with Gasteiger partial charge in [0, 0.05) is 5.56 Å². The molecule has 174 valence electrons. The largest absolute Gasteiger partial charge is 0.456 e. The first kappa shape index (κ1) is 21.8. The molecule has 4 atom stereocenters. The van der Waals surface area contributed by atoms with Gasteiger partial charge >= 0.3 is 0 Å². The fourth-order valence-corrected chi connectivity index (χ4v) is 4.78. The van der Waals surface area contributed by atoms with E-state index in [1.165, 1.54) is 6.07 Å². The third-order valence-electron chi connectivity index (χ3n) is 6.06. The van der Waals surface area contributed by atoms with E-state index in [2.05, 4.69) is 15.0 Å². The molecular weight excluding hydrogens is 484 g/mol. The minimum absolute atomic E-state index is 0.0728. The average Bonchev–Trinajstić information content (AvgIpc) is 3.52. The zero-order valence-corrected chi connectivity index (χ0v) is 19.1. The first-order chi connectivity index (χ1) is 16.5. The Morgan fingerprint density at radius 3 is 2.44 bits per heavy atom. The summed E-state index contributed by atoms with van der Waals surface area (Å²) in [6.45, 7) is 0.525. The van der Waals surface area contributed by atoms with Crippen molar-refractivity contribution in [3.63, 3.8) is 0 Å². The molecule has 2 aliphatic heterocycles. The molecule has 0 radical (unpaired) electrons. The van der Waals surface area contributed by atoms with Gasteiger partial charge in [0.05, 0.1) is 34.5 Å². The summed E-state index contributed by atoms with van der Waals surface area (Å²) in [5, 5.41) is 10.4. The molecule has 10 heteroatoms. The minimum Gasteiger partial charge on any atom is -0.456 e. The molecule has 2 aliphatic rings. The van der Waals surface area contributed by atoms with E-state index in [9.17, 15) is 9.50 Å². The standard InChI is InChI=1S/C24H18Cl2FN3O4/c25-14-7-13(5-6-16(14)27)11-1-3-12(4-2-11)20-15(26)8-17-23(29-20)30-24(28-17)34-19-10-33-21-18(31)9-32-22(19)21/h1-8,18-19,21-22,31H,9-10H2,(H,28,29,30)/t18-,19-,21-,22-/m1/s1. The second-order valence-corrected chi connectivity index (χ2v) is 9.07. The molecule has 2 fully saturated rings. The number of aromatic amines is 1. The van der Waals surface area contributed by atoms with Crippen LogP contribution in [-0.4, -0.2) is 57.7 Å². The highest BCUT2D eigenvalue weighted by Gasteiger charge is 2.48. The number of pyridine rings is 1. The van der Waals surface area contributed by atoms with Crippen LogP contribution in [0.4, 0.5) is 4.39 Å². The summed E-state index contributed by atoms with van der Waals surface area (Å²) < 4.78 is 30.6. The van der Waals surface area contributed by atoms with Gasteiger partial charge in [-0.05, 0) is 29.3 Å². The van der Waals surface area contributed by atoms with Gasteiger partial charge in [-0.15, -0.1) is 0 Å². The van der Waals surface area contributed by atoms with Gasteiger partial charge in [0.25, 0.3) is 6.01 Å². The van der Waals surface area contributed by atoms with Gasteiger partial charge in [-0.25, -0.2) is 9.37 Å². The molecule has 0 amide bonds. The number of benzene rings is 2. The van der Waals surface area contributed by atoms with E-state index in [0.29, 0.717) is 28.5 Å². The van der Waals surface area contributed by atoms with E-state index in [0.717, 1.165) is 16.7 Å². The van der Waals surface area contributed by atoms with Crippen molar-refractivity contribution in [2.75, 3.05) is 13.2 Å². The lowest BCUT2D eigenvalue weighted by molar-refractivity contribution is 0.00706. The van der Waals surface area contributed by atoms with Crippen molar-refractivity contribution in [3.8, 4) is 28.4 Å². The smallest absolute Gasteiger partial charge is 0.296 e. The van der Waals surface area contributed by atoms with Crippen molar-refractivity contribution in [3.05, 3.63) is 64.4 Å². The van der Waals surface area contributed by atoms with E-state index < -0.39 is 11.9 Å². The van der Waals surface area contributed by atoms with Crippen molar-refractivity contribution < 1.29 is 23.7 Å². The number of nitrogens with one attached hydrogen (secondary N) is 1. The Morgan fingerprint density at radius 2 is 1.65 bits per heavy atom. The number of ether oxygens (including phenoxy) is 3. The normalized spacial score (nSPS) is 24.0. The average molecular weight is 502 g/mol. The molecule has 2 N–H and O–H groups in total. The second kappa shape index (κ2) is 8.48. The van der Waals surface area contributed by atoms with Gasteiger partial charge in [0.2, 0.25) is 0 Å². The van der Waals surface area contributed by atoms with Gasteiger partial charge in [0.1, 0.15) is 24.1 Å². The number of aromatic nitrogens is 3. The molecule has 4 heterocycles. The molecular formula is C24H18Cl2FN3O4. The Kier molecular flexibility index (Phi) is 5.43. The van der Waals surface area contributed by atoms with Crippen LogP contribution >= 0.6 is 23.2 Å². The molecule has 0 saturated carbocycles. The van der Waals surface area contributed by atoms with Crippen LogP contribution in [0.5, 0.6) is 6.01 Å². The van der Waals surface area contributed by atoms with Crippen molar-refractivity contribution in [2.24, 2.45) is 0 Å². The first-order valence-electron chi connectivity index (χ1n) is 10.7. The maximum Gasteiger partial charge on any atom is 0.296 e. The Hall–Kier alpha value is -2.75. The van der Waals surface area contributed by atoms with Crippen LogP contribution < -0.4 is 4.74 Å². The lowest BCUT2D eigenvalue weighted by atomic mass is 10.0. The Labute approximate surface area is 203 Å². The Morgan fingerprint density at radius 1 is 0.912 bits per heavy atom. The molecule has 2 saturated heterocycles. The van der Waals surface area contributed by atoms with Crippen molar-refractivity contribution in [2.45, 2.75) is 24.4 Å². The number of hydrogen-bond donors (Lipinski definition) is 2. The number of nitrogens with zero attached hydrogens (tertiary/aromatic N) is 2. The topological polar surface area (TPSA) is 89.5 Å². The molecule has 0 bridgehead atoms. The fourth-order valence-electron chi connectivity index (χ4n) is 4.34. The van der Waals surface area contributed by atoms with E-state index in [-0.39, 0.29) is 36.0 Å². The molecule has 0 aliphatic carbocycles. The highest BCUT2D eigenvalue weighted by molar-refractivity contribution is 6.33. The maximum absolute atomic E-state index is 13.5. The summed E-state index contributed by atoms with van der Waals surface area (Å²) in [4.78, 5) is 12.1. The Bertz CT molecular complexity index is 1380. The van der Waals surface area contributed by atoms with Gasteiger partial charge in [-0.2, -0.15) is 4.98 Å². The van der Waals surface area contributed by atoms with Crippen LogP contribution in [0, 0.1) is 5.82 Å². The van der Waals surface area contributed by atoms with Crippen molar-refractivity contribution in [1.82, 2.24) is 15.0 Å². The molecule has 34 heavy (non-hydrogen) atoms. The maximum atomic E-state index is 13.5. The number of H-pyrrole nitrogens is 1. The van der Waals surface area contributed by atoms with E-state index >= 15 is 0 Å². The summed E-state index contributed by atoms with van der Waals surface area (Å²) >= 11 is 12.4. The van der Waals surface area contributed by atoms with Crippen molar-refractivity contribution in [1.29, 1.82) is 0 Å². The van der Waals surface area contributed by atoms with Crippen molar-refractivity contribution >= 4 is 34.4 Å². The third kappa shape index (κ3) is 3.81. The van der Waals surface area contributed by atoms with Gasteiger partial charge in [-0.1, -0.05) is 53.5 Å². The quantitative estimate of drug-likeness (QED) is 0.423. The first-order valence-corrected chi connectivity index (χ1v) is 11.4. The number of aliphatic hydroxyl groups excluding tert-OH is 1. The summed E-state index contributed by atoms with van der Waals surface area (Å²) in [5.74, 6) is -0.456. The molecule has 2 aromatic heterocycles. The van der Waals surface area contributed by atoms with E-state index in [1.807, 2.05) is 24.3 Å². The molecule has 0 spiro atoms. The van der Waals surface area contributed by atoms with E-state index in [1.54, 1.807) is 18.2 Å². The summed E-state index contributed by atoms with van der Waals surface area (Å²) in [7, 11) is 0. The number of fused-ring (bicyclic) bond motifs is 2. The fraction of sp³-hybridized carbons (Fsp3) is 0.250. The van der Waals surface area contributed by atoms with Gasteiger partial charge in [-0.3, -0.25) is 0 Å². The Balaban J connectivity index is 1.25. The molecule has 4 aromatic rings. The summed E-state index contributed by atoms with van der Waals surface area (Å²) in [6.07, 6.45) is -1.76. The van der Waals surface area contributed by atoms with Crippen LogP contribution in [-0.2, 0) is 9.47 Å². The summed E-state index contributed by atoms with van der Waals surface area (Å²) in [5.41, 5.74) is 4.14. The van der Waals surface area contributed by atoms with Crippen LogP contribution in [0.25, 0.3) is 33.5 Å². The zero-order valence-electron chi connectivity index (χ0n) is 17.5. The zero-order chi connectivity index (χ0) is 23.4. The predicted molar refractivity (Wildman–Crippen MR) is 125 cm³/mol. The van der Waals surface area contributed by atoms with Crippen LogP contribution in [0.15, 0.2) is 48.5 Å². The van der Waals surface area contributed by atoms with Gasteiger partial charge in [0.15, 0.2) is 11.8 Å².